The Morgan fingerprint density at radius 1 is 0.800 bits per heavy atom. The second-order valence-corrected chi connectivity index (χ2v) is 4.69. The molecule has 4 heteroatoms. The molecular formula is C16H24N4. The smallest absolute Gasteiger partial charge is 0.0394 e. The quantitative estimate of drug-likeness (QED) is 0.628. The molecule has 0 bridgehead atoms. The first-order valence-electron chi connectivity index (χ1n) is 6.59. The van der Waals surface area contributed by atoms with E-state index in [4.69, 9.17) is 22.9 Å². The van der Waals surface area contributed by atoms with Gasteiger partial charge in [0.25, 0.3) is 0 Å². The lowest BCUT2D eigenvalue weighted by atomic mass is 10.1. The van der Waals surface area contributed by atoms with Gasteiger partial charge in [-0.25, -0.2) is 0 Å². The van der Waals surface area contributed by atoms with Gasteiger partial charge in [0, 0.05) is 24.5 Å². The first kappa shape index (κ1) is 16.0. The van der Waals surface area contributed by atoms with Crippen LogP contribution in [0.15, 0.2) is 36.4 Å². The lowest BCUT2D eigenvalue weighted by Gasteiger charge is -2.05. The van der Waals surface area contributed by atoms with Crippen LogP contribution in [0.3, 0.4) is 0 Å². The van der Waals surface area contributed by atoms with Crippen LogP contribution >= 0.6 is 0 Å². The zero-order valence-electron chi connectivity index (χ0n) is 12.2. The van der Waals surface area contributed by atoms with Gasteiger partial charge >= 0.3 is 0 Å². The largest absolute Gasteiger partial charge is 0.398 e. The van der Waals surface area contributed by atoms with Gasteiger partial charge in [-0.1, -0.05) is 30.3 Å². The predicted octanol–water partition coefficient (Wildman–Crippen LogP) is 2.07. The van der Waals surface area contributed by atoms with Crippen molar-refractivity contribution in [2.45, 2.75) is 26.9 Å². The van der Waals surface area contributed by atoms with E-state index >= 15 is 0 Å². The lowest BCUT2D eigenvalue weighted by Crippen LogP contribution is -2.05. The Kier molecular flexibility index (Phi) is 6.03. The summed E-state index contributed by atoms with van der Waals surface area (Å²) in [6, 6.07) is 11.8. The van der Waals surface area contributed by atoms with Crippen molar-refractivity contribution in [1.29, 1.82) is 0 Å². The Labute approximate surface area is 120 Å². The van der Waals surface area contributed by atoms with E-state index < -0.39 is 0 Å². The molecule has 108 valence electrons. The first-order chi connectivity index (χ1) is 9.51. The van der Waals surface area contributed by atoms with Gasteiger partial charge in [-0.05, 0) is 42.2 Å². The Balaban J connectivity index is 0.000000200. The molecule has 2 rings (SSSR count). The van der Waals surface area contributed by atoms with E-state index in [9.17, 15) is 0 Å². The van der Waals surface area contributed by atoms with Crippen LogP contribution < -0.4 is 22.9 Å². The van der Waals surface area contributed by atoms with Gasteiger partial charge in [0.05, 0.1) is 0 Å². The summed E-state index contributed by atoms with van der Waals surface area (Å²) in [5.41, 5.74) is 28.2. The summed E-state index contributed by atoms with van der Waals surface area (Å²) in [5, 5.41) is 0. The van der Waals surface area contributed by atoms with Crippen LogP contribution in [-0.2, 0) is 13.1 Å². The van der Waals surface area contributed by atoms with Gasteiger partial charge in [0.1, 0.15) is 0 Å². The molecule has 0 amide bonds. The molecule has 4 nitrogen and oxygen atoms in total. The molecule has 0 aliphatic heterocycles. The van der Waals surface area contributed by atoms with Crippen molar-refractivity contribution < 1.29 is 0 Å². The summed E-state index contributed by atoms with van der Waals surface area (Å²) in [7, 11) is 0. The molecular weight excluding hydrogens is 248 g/mol. The van der Waals surface area contributed by atoms with E-state index in [0.717, 1.165) is 33.6 Å². The molecule has 0 saturated carbocycles. The molecule has 0 saturated heterocycles. The van der Waals surface area contributed by atoms with Gasteiger partial charge in [-0.2, -0.15) is 0 Å². The average molecular weight is 272 g/mol. The fourth-order valence-corrected chi connectivity index (χ4v) is 1.84. The third-order valence-electron chi connectivity index (χ3n) is 3.33. The second-order valence-electron chi connectivity index (χ2n) is 4.69. The van der Waals surface area contributed by atoms with Crippen molar-refractivity contribution in [1.82, 2.24) is 0 Å². The van der Waals surface area contributed by atoms with Crippen molar-refractivity contribution in [3.8, 4) is 0 Å². The molecule has 8 N–H and O–H groups in total. The molecule has 0 spiro atoms. The Bertz CT molecular complexity index is 514. The third-order valence-corrected chi connectivity index (χ3v) is 3.33. The highest BCUT2D eigenvalue weighted by atomic mass is 14.6. The minimum atomic E-state index is 0.577. The SMILES string of the molecule is Cc1ccc(N)c(C)c1N.NCc1ccccc1CN. The number of benzene rings is 2. The third kappa shape index (κ3) is 3.98. The molecule has 0 aliphatic rings. The van der Waals surface area contributed by atoms with Crippen LogP contribution in [0.2, 0.25) is 0 Å². The topological polar surface area (TPSA) is 104 Å². The molecule has 0 radical (unpaired) electrons. The molecule has 0 atom stereocenters. The summed E-state index contributed by atoms with van der Waals surface area (Å²) < 4.78 is 0. The molecule has 2 aromatic carbocycles. The monoisotopic (exact) mass is 272 g/mol. The zero-order valence-corrected chi connectivity index (χ0v) is 12.2. The normalized spacial score (nSPS) is 9.80. The van der Waals surface area contributed by atoms with Gasteiger partial charge < -0.3 is 22.9 Å². The number of hydrogen-bond donors (Lipinski definition) is 4. The van der Waals surface area contributed by atoms with Crippen LogP contribution in [0.1, 0.15) is 22.3 Å². The second kappa shape index (κ2) is 7.53. The molecule has 0 aromatic heterocycles. The summed E-state index contributed by atoms with van der Waals surface area (Å²) in [4.78, 5) is 0. The highest BCUT2D eigenvalue weighted by molar-refractivity contribution is 5.64. The standard InChI is InChI=1S/2C8H12N2/c1-5-3-4-7(9)6(2)8(5)10;9-5-7-3-1-2-4-8(7)6-10/h3-4H,9-10H2,1-2H3;1-4H,5-6,9-10H2. The maximum absolute atomic E-state index is 5.70. The molecule has 2 aromatic rings. The number of nitrogens with two attached hydrogens (primary N) is 4. The van der Waals surface area contributed by atoms with Gasteiger partial charge in [0.15, 0.2) is 0 Å². The number of anilines is 2. The number of nitrogen functional groups attached to an aromatic ring is 2. The molecule has 0 aliphatic carbocycles. The summed E-state index contributed by atoms with van der Waals surface area (Å²) >= 11 is 0. The van der Waals surface area contributed by atoms with E-state index in [1.807, 2.05) is 50.2 Å². The van der Waals surface area contributed by atoms with Crippen LogP contribution in [0, 0.1) is 13.8 Å². The van der Waals surface area contributed by atoms with Gasteiger partial charge in [-0.3, -0.25) is 0 Å². The van der Waals surface area contributed by atoms with E-state index in [2.05, 4.69) is 0 Å². The van der Waals surface area contributed by atoms with Crippen LogP contribution in [0.4, 0.5) is 11.4 Å². The highest BCUT2D eigenvalue weighted by Gasteiger charge is 1.99. The minimum absolute atomic E-state index is 0.577. The van der Waals surface area contributed by atoms with Crippen LogP contribution in [0.5, 0.6) is 0 Å². The number of rotatable bonds is 2. The highest BCUT2D eigenvalue weighted by Crippen LogP contribution is 2.21. The Morgan fingerprint density at radius 3 is 1.70 bits per heavy atom. The zero-order chi connectivity index (χ0) is 15.1. The van der Waals surface area contributed by atoms with E-state index in [1.165, 1.54) is 0 Å². The molecule has 20 heavy (non-hydrogen) atoms. The molecule has 0 heterocycles. The van der Waals surface area contributed by atoms with Crippen molar-refractivity contribution in [3.63, 3.8) is 0 Å². The summed E-state index contributed by atoms with van der Waals surface area (Å²) in [5.74, 6) is 0. The van der Waals surface area contributed by atoms with Crippen molar-refractivity contribution in [3.05, 3.63) is 58.7 Å². The van der Waals surface area contributed by atoms with Crippen molar-refractivity contribution in [2.75, 3.05) is 11.5 Å². The van der Waals surface area contributed by atoms with E-state index in [-0.39, 0.29) is 0 Å². The predicted molar refractivity (Wildman–Crippen MR) is 87.0 cm³/mol. The fraction of sp³-hybridized carbons (Fsp3) is 0.250. The summed E-state index contributed by atoms with van der Waals surface area (Å²) in [6.45, 7) is 5.06. The first-order valence-corrected chi connectivity index (χ1v) is 6.59. The van der Waals surface area contributed by atoms with E-state index in [1.54, 1.807) is 0 Å². The number of hydrogen-bond acceptors (Lipinski definition) is 4. The maximum atomic E-state index is 5.70. The van der Waals surface area contributed by atoms with Crippen LogP contribution in [-0.4, -0.2) is 0 Å². The fourth-order valence-electron chi connectivity index (χ4n) is 1.84. The van der Waals surface area contributed by atoms with Crippen molar-refractivity contribution >= 4 is 11.4 Å². The maximum Gasteiger partial charge on any atom is 0.0394 e. The van der Waals surface area contributed by atoms with Gasteiger partial charge in [0.2, 0.25) is 0 Å². The Morgan fingerprint density at radius 2 is 1.30 bits per heavy atom. The van der Waals surface area contributed by atoms with E-state index in [0.29, 0.717) is 13.1 Å². The van der Waals surface area contributed by atoms with Crippen molar-refractivity contribution in [2.24, 2.45) is 11.5 Å². The number of aryl methyl sites for hydroxylation is 1. The summed E-state index contributed by atoms with van der Waals surface area (Å²) in [6.07, 6.45) is 0. The Hall–Kier alpha value is -2.04. The average Bonchev–Trinajstić information content (AvgIpc) is 2.49. The molecule has 0 fully saturated rings. The minimum Gasteiger partial charge on any atom is -0.398 e. The van der Waals surface area contributed by atoms with Crippen LogP contribution in [0.25, 0.3) is 0 Å². The lowest BCUT2D eigenvalue weighted by molar-refractivity contribution is 0.980. The molecule has 0 unspecified atom stereocenters. The van der Waals surface area contributed by atoms with Gasteiger partial charge in [-0.15, -0.1) is 0 Å².